The Hall–Kier alpha value is -0.660. The molecule has 0 radical (unpaired) electrons. The van der Waals surface area contributed by atoms with E-state index in [1.165, 1.54) is 0 Å². The van der Waals surface area contributed by atoms with Gasteiger partial charge in [-0.3, -0.25) is 4.79 Å². The molecule has 0 N–H and O–H groups in total. The van der Waals surface area contributed by atoms with Crippen LogP contribution in [0.4, 0.5) is 0 Å². The van der Waals surface area contributed by atoms with Gasteiger partial charge in [0, 0.05) is 39.0 Å². The number of carbonyl (C=O) groups excluding carboxylic acids is 1. The summed E-state index contributed by atoms with van der Waals surface area (Å²) in [6.07, 6.45) is 1.52. The molecule has 2 saturated heterocycles. The van der Waals surface area contributed by atoms with Gasteiger partial charge in [0.05, 0.1) is 18.0 Å². The molecule has 3 fully saturated rings. The summed E-state index contributed by atoms with van der Waals surface area (Å²) in [5, 5.41) is -0.168. The molecule has 2 heterocycles. The second kappa shape index (κ2) is 4.71. The molecule has 0 bridgehead atoms. The molecule has 0 aromatic heterocycles. The van der Waals surface area contributed by atoms with E-state index < -0.39 is 10.0 Å². The maximum Gasteiger partial charge on any atom is 0.219 e. The Morgan fingerprint density at radius 1 is 1.21 bits per heavy atom. The third-order valence-electron chi connectivity index (χ3n) is 4.25. The number of hydrogen-bond donors (Lipinski definition) is 0. The molecular formula is C12H20N2O4S. The Morgan fingerprint density at radius 3 is 2.58 bits per heavy atom. The molecule has 0 unspecified atom stereocenters. The molecule has 1 aliphatic carbocycles. The molecule has 1 amide bonds. The number of sulfonamides is 1. The number of amides is 1. The molecule has 7 heteroatoms. The summed E-state index contributed by atoms with van der Waals surface area (Å²) < 4.78 is 31.8. The molecular weight excluding hydrogens is 268 g/mol. The van der Waals surface area contributed by atoms with E-state index in [4.69, 9.17) is 4.74 Å². The lowest BCUT2D eigenvalue weighted by Gasteiger charge is -2.22. The lowest BCUT2D eigenvalue weighted by molar-refractivity contribution is -0.129. The van der Waals surface area contributed by atoms with Crippen molar-refractivity contribution in [3.05, 3.63) is 0 Å². The van der Waals surface area contributed by atoms with E-state index in [2.05, 4.69) is 0 Å². The highest BCUT2D eigenvalue weighted by atomic mass is 32.2. The minimum absolute atomic E-state index is 0.0350. The van der Waals surface area contributed by atoms with Gasteiger partial charge in [0.1, 0.15) is 0 Å². The van der Waals surface area contributed by atoms with Crippen molar-refractivity contribution in [1.29, 1.82) is 0 Å². The van der Waals surface area contributed by atoms with Crippen LogP contribution in [0.1, 0.15) is 19.8 Å². The van der Waals surface area contributed by atoms with E-state index in [-0.39, 0.29) is 23.2 Å². The Bertz CT molecular complexity index is 474. The molecule has 2 atom stereocenters. The molecule has 0 spiro atoms. The number of carbonyl (C=O) groups is 1. The number of ether oxygens (including phenoxy) is 1. The van der Waals surface area contributed by atoms with Gasteiger partial charge in [-0.25, -0.2) is 8.42 Å². The van der Waals surface area contributed by atoms with Gasteiger partial charge < -0.3 is 9.64 Å². The van der Waals surface area contributed by atoms with Crippen LogP contribution < -0.4 is 0 Å². The standard InChI is InChI=1S/C12H20N2O4S/c1-9(15)13-4-5-18-12-8-14(7-10(12)6-13)19(16,17)11-2-3-11/h10-12H,2-8H2,1H3/t10-,12+/m0/s1. The molecule has 6 nitrogen and oxygen atoms in total. The normalized spacial score (nSPS) is 33.0. The van der Waals surface area contributed by atoms with Crippen molar-refractivity contribution in [2.75, 3.05) is 32.8 Å². The van der Waals surface area contributed by atoms with Crippen molar-refractivity contribution >= 4 is 15.9 Å². The predicted octanol–water partition coefficient (Wildman–Crippen LogP) is -0.342. The highest BCUT2D eigenvalue weighted by Crippen LogP contribution is 2.35. The Morgan fingerprint density at radius 2 is 1.95 bits per heavy atom. The second-order valence-electron chi connectivity index (χ2n) is 5.70. The van der Waals surface area contributed by atoms with E-state index in [0.717, 1.165) is 12.8 Å². The summed E-state index contributed by atoms with van der Waals surface area (Å²) in [4.78, 5) is 13.2. The third-order valence-corrected chi connectivity index (χ3v) is 6.58. The third kappa shape index (κ3) is 2.51. The van der Waals surface area contributed by atoms with Gasteiger partial charge in [-0.05, 0) is 12.8 Å². The number of rotatable bonds is 2. The molecule has 3 rings (SSSR count). The first kappa shape index (κ1) is 13.3. The fourth-order valence-corrected chi connectivity index (χ4v) is 4.83. The van der Waals surface area contributed by atoms with Crippen LogP contribution in [0, 0.1) is 5.92 Å². The first-order valence-corrected chi connectivity index (χ1v) is 8.35. The van der Waals surface area contributed by atoms with Crippen molar-refractivity contribution in [3.8, 4) is 0 Å². The van der Waals surface area contributed by atoms with Crippen LogP contribution in [0.5, 0.6) is 0 Å². The molecule has 19 heavy (non-hydrogen) atoms. The van der Waals surface area contributed by atoms with Crippen LogP contribution in [0.15, 0.2) is 0 Å². The van der Waals surface area contributed by atoms with Gasteiger partial charge in [0.2, 0.25) is 15.9 Å². The minimum Gasteiger partial charge on any atom is -0.375 e. The topological polar surface area (TPSA) is 66.9 Å². The lowest BCUT2D eigenvalue weighted by Crippen LogP contribution is -2.37. The number of fused-ring (bicyclic) bond motifs is 1. The second-order valence-corrected chi connectivity index (χ2v) is 7.91. The summed E-state index contributed by atoms with van der Waals surface area (Å²) in [5.41, 5.74) is 0. The van der Waals surface area contributed by atoms with Crippen LogP contribution in [-0.2, 0) is 19.6 Å². The fourth-order valence-electron chi connectivity index (χ4n) is 2.93. The molecule has 3 aliphatic rings. The van der Waals surface area contributed by atoms with Crippen LogP contribution in [-0.4, -0.2) is 67.7 Å². The molecule has 108 valence electrons. The monoisotopic (exact) mass is 288 g/mol. The zero-order valence-corrected chi connectivity index (χ0v) is 11.9. The van der Waals surface area contributed by atoms with Crippen molar-refractivity contribution in [3.63, 3.8) is 0 Å². The summed E-state index contributed by atoms with van der Waals surface area (Å²) in [6.45, 7) is 4.21. The average molecular weight is 288 g/mol. The van der Waals surface area contributed by atoms with Crippen molar-refractivity contribution < 1.29 is 17.9 Å². The van der Waals surface area contributed by atoms with Crippen molar-refractivity contribution in [2.24, 2.45) is 5.92 Å². The minimum atomic E-state index is -3.12. The zero-order valence-electron chi connectivity index (χ0n) is 11.1. The van der Waals surface area contributed by atoms with E-state index in [0.29, 0.717) is 32.8 Å². The van der Waals surface area contributed by atoms with E-state index in [1.807, 2.05) is 0 Å². The lowest BCUT2D eigenvalue weighted by atomic mass is 10.1. The highest BCUT2D eigenvalue weighted by molar-refractivity contribution is 7.90. The van der Waals surface area contributed by atoms with Crippen molar-refractivity contribution in [2.45, 2.75) is 31.1 Å². The van der Waals surface area contributed by atoms with Crippen LogP contribution in [0.2, 0.25) is 0 Å². The predicted molar refractivity (Wildman–Crippen MR) is 69.0 cm³/mol. The van der Waals surface area contributed by atoms with Gasteiger partial charge in [0.15, 0.2) is 0 Å². The zero-order chi connectivity index (χ0) is 13.6. The molecule has 2 aliphatic heterocycles. The van der Waals surface area contributed by atoms with Gasteiger partial charge in [-0.1, -0.05) is 0 Å². The molecule has 1 saturated carbocycles. The van der Waals surface area contributed by atoms with Gasteiger partial charge in [-0.15, -0.1) is 0 Å². The van der Waals surface area contributed by atoms with E-state index in [1.54, 1.807) is 16.1 Å². The SMILES string of the molecule is CC(=O)N1CCO[C@@H]2CN(S(=O)(=O)C3CC3)C[C@@H]2C1. The van der Waals surface area contributed by atoms with Crippen LogP contribution in [0.25, 0.3) is 0 Å². The van der Waals surface area contributed by atoms with Gasteiger partial charge in [-0.2, -0.15) is 4.31 Å². The quantitative estimate of drug-likeness (QED) is 0.697. The molecule has 0 aromatic carbocycles. The van der Waals surface area contributed by atoms with Gasteiger partial charge >= 0.3 is 0 Å². The maximum atomic E-state index is 12.2. The number of nitrogens with zero attached hydrogens (tertiary/aromatic N) is 2. The summed E-state index contributed by atoms with van der Waals surface area (Å²) >= 11 is 0. The molecule has 0 aromatic rings. The van der Waals surface area contributed by atoms with Crippen LogP contribution >= 0.6 is 0 Å². The summed E-state index contributed by atoms with van der Waals surface area (Å²) in [5.74, 6) is 0.146. The highest BCUT2D eigenvalue weighted by Gasteiger charge is 2.47. The Balaban J connectivity index is 1.71. The average Bonchev–Trinajstić information content (AvgIpc) is 3.14. The van der Waals surface area contributed by atoms with Gasteiger partial charge in [0.25, 0.3) is 0 Å². The van der Waals surface area contributed by atoms with Crippen LogP contribution in [0.3, 0.4) is 0 Å². The maximum absolute atomic E-state index is 12.2. The van der Waals surface area contributed by atoms with E-state index >= 15 is 0 Å². The first-order valence-electron chi connectivity index (χ1n) is 6.84. The Kier molecular flexibility index (Phi) is 3.31. The summed E-state index contributed by atoms with van der Waals surface area (Å²) in [6, 6.07) is 0. The number of hydrogen-bond acceptors (Lipinski definition) is 4. The summed E-state index contributed by atoms with van der Waals surface area (Å²) in [7, 11) is -3.12. The smallest absolute Gasteiger partial charge is 0.219 e. The first-order chi connectivity index (χ1) is 8.98. The Labute approximate surface area is 113 Å². The van der Waals surface area contributed by atoms with E-state index in [9.17, 15) is 13.2 Å². The fraction of sp³-hybridized carbons (Fsp3) is 0.917. The largest absolute Gasteiger partial charge is 0.375 e. The van der Waals surface area contributed by atoms with Crippen molar-refractivity contribution in [1.82, 2.24) is 9.21 Å².